The number of rotatable bonds is 5. The van der Waals surface area contributed by atoms with Gasteiger partial charge in [0.25, 0.3) is 0 Å². The maximum atomic E-state index is 12.8. The van der Waals surface area contributed by atoms with Crippen molar-refractivity contribution in [2.45, 2.75) is 33.6 Å². The molecule has 1 aliphatic heterocycles. The number of benzene rings is 1. The lowest BCUT2D eigenvalue weighted by Crippen LogP contribution is -2.39. The minimum atomic E-state index is 0.0692. The zero-order valence-corrected chi connectivity index (χ0v) is 18.1. The van der Waals surface area contributed by atoms with E-state index in [9.17, 15) is 4.79 Å². The van der Waals surface area contributed by atoms with Crippen molar-refractivity contribution in [2.75, 3.05) is 25.0 Å². The monoisotopic (exact) mass is 408 g/mol. The molecule has 3 heterocycles. The van der Waals surface area contributed by atoms with Crippen molar-refractivity contribution in [2.24, 2.45) is 11.8 Å². The van der Waals surface area contributed by atoms with Gasteiger partial charge in [0.2, 0.25) is 5.91 Å². The second kappa shape index (κ2) is 8.59. The van der Waals surface area contributed by atoms with Gasteiger partial charge in [-0.05, 0) is 85.7 Å². The highest BCUT2D eigenvalue weighted by molar-refractivity contribution is 7.13. The van der Waals surface area contributed by atoms with Gasteiger partial charge in [-0.3, -0.25) is 4.79 Å². The summed E-state index contributed by atoms with van der Waals surface area (Å²) in [6, 6.07) is 10.3. The van der Waals surface area contributed by atoms with E-state index >= 15 is 0 Å². The summed E-state index contributed by atoms with van der Waals surface area (Å²) < 4.78 is 5.62. The van der Waals surface area contributed by atoms with Gasteiger partial charge in [-0.25, -0.2) is 4.98 Å². The number of hydrogen-bond acceptors (Lipinski definition) is 5. The molecule has 1 N–H and O–H groups in total. The fourth-order valence-corrected chi connectivity index (χ4v) is 4.81. The number of nitrogens with zero attached hydrogens (tertiary/aromatic N) is 3. The maximum Gasteiger partial charge on any atom is 0.228 e. The Morgan fingerprint density at radius 2 is 1.97 bits per heavy atom. The first kappa shape index (κ1) is 20.0. The van der Waals surface area contributed by atoms with Gasteiger partial charge >= 0.3 is 0 Å². The normalized spacial score (nSPS) is 15.9. The quantitative estimate of drug-likeness (QED) is 0.647. The van der Waals surface area contributed by atoms with Crippen LogP contribution in [0.25, 0.3) is 21.2 Å². The van der Waals surface area contributed by atoms with E-state index in [4.69, 9.17) is 0 Å². The summed E-state index contributed by atoms with van der Waals surface area (Å²) in [5, 5.41) is 4.23. The molecule has 29 heavy (non-hydrogen) atoms. The molecule has 0 aliphatic carbocycles. The number of nitrogens with one attached hydrogen (secondary N) is 1. The molecule has 3 aromatic rings. The molecule has 0 saturated carbocycles. The van der Waals surface area contributed by atoms with Gasteiger partial charge < -0.3 is 10.2 Å². The van der Waals surface area contributed by atoms with Gasteiger partial charge in [-0.15, -0.1) is 0 Å². The second-order valence-corrected chi connectivity index (χ2v) is 9.17. The van der Waals surface area contributed by atoms with Gasteiger partial charge in [0.05, 0.1) is 10.4 Å². The molecule has 0 bridgehead atoms. The van der Waals surface area contributed by atoms with Crippen LogP contribution in [0.1, 0.15) is 32.4 Å². The second-order valence-electron chi connectivity index (χ2n) is 8.37. The highest BCUT2D eigenvalue weighted by Crippen LogP contribution is 2.29. The molecule has 4 rings (SSSR count). The Labute approximate surface area is 176 Å². The number of hydrogen-bond donors (Lipinski definition) is 1. The summed E-state index contributed by atoms with van der Waals surface area (Å²) in [6.45, 7) is 9.63. The van der Waals surface area contributed by atoms with Gasteiger partial charge in [0, 0.05) is 24.0 Å². The van der Waals surface area contributed by atoms with Crippen LogP contribution < -0.4 is 5.32 Å². The minimum Gasteiger partial charge on any atom is -0.310 e. The number of likely N-dealkylation sites (tertiary alicyclic amines) is 1. The van der Waals surface area contributed by atoms with E-state index < -0.39 is 0 Å². The van der Waals surface area contributed by atoms with Gasteiger partial charge in [-0.2, -0.15) is 4.37 Å². The van der Waals surface area contributed by atoms with Gasteiger partial charge in [-0.1, -0.05) is 19.9 Å². The molecule has 1 saturated heterocycles. The summed E-state index contributed by atoms with van der Waals surface area (Å²) in [4.78, 5) is 19.6. The minimum absolute atomic E-state index is 0.0692. The first-order chi connectivity index (χ1) is 14.0. The number of aryl methyl sites for hydroxylation is 1. The molecule has 0 spiro atoms. The predicted molar refractivity (Wildman–Crippen MR) is 120 cm³/mol. The largest absolute Gasteiger partial charge is 0.310 e. The highest BCUT2D eigenvalue weighted by atomic mass is 32.1. The van der Waals surface area contributed by atoms with Gasteiger partial charge in [0.15, 0.2) is 0 Å². The smallest absolute Gasteiger partial charge is 0.228 e. The van der Waals surface area contributed by atoms with Crippen molar-refractivity contribution in [3.05, 3.63) is 42.2 Å². The van der Waals surface area contributed by atoms with Crippen molar-refractivity contribution in [1.29, 1.82) is 0 Å². The lowest BCUT2D eigenvalue weighted by molar-refractivity contribution is -0.121. The summed E-state index contributed by atoms with van der Waals surface area (Å²) >= 11 is 1.53. The van der Waals surface area contributed by atoms with Crippen LogP contribution in [0.2, 0.25) is 0 Å². The zero-order chi connectivity index (χ0) is 20.4. The topological polar surface area (TPSA) is 58.1 Å². The standard InChI is InChI=1S/C23H28N4OS/c1-15(2)14-27-10-7-17(8-11-27)23(28)25-22-13-19(6-9-24-22)18-4-5-21-20(12-18)16(3)26-29-21/h4-6,9,12-13,15,17H,7-8,10-11,14H2,1-3H3,(H,24,25,28). The zero-order valence-electron chi connectivity index (χ0n) is 17.3. The van der Waals surface area contributed by atoms with E-state index in [1.54, 1.807) is 6.20 Å². The van der Waals surface area contributed by atoms with Crippen LogP contribution in [0.4, 0.5) is 5.82 Å². The number of anilines is 1. The fraction of sp³-hybridized carbons (Fsp3) is 0.435. The first-order valence-corrected chi connectivity index (χ1v) is 11.1. The predicted octanol–water partition coefficient (Wildman–Crippen LogP) is 4.97. The lowest BCUT2D eigenvalue weighted by Gasteiger charge is -2.32. The molecule has 5 nitrogen and oxygen atoms in total. The Morgan fingerprint density at radius 1 is 1.21 bits per heavy atom. The Morgan fingerprint density at radius 3 is 2.72 bits per heavy atom. The van der Waals surface area contributed by atoms with Crippen molar-refractivity contribution < 1.29 is 4.79 Å². The summed E-state index contributed by atoms with van der Waals surface area (Å²) in [5.74, 6) is 1.45. The molecule has 0 radical (unpaired) electrons. The van der Waals surface area contributed by atoms with Crippen LogP contribution in [-0.2, 0) is 4.79 Å². The number of pyridine rings is 1. The summed E-state index contributed by atoms with van der Waals surface area (Å²) in [5.41, 5.74) is 3.22. The molecule has 0 unspecified atom stereocenters. The maximum absolute atomic E-state index is 12.8. The summed E-state index contributed by atoms with van der Waals surface area (Å²) in [7, 11) is 0. The molecule has 0 atom stereocenters. The molecule has 1 fully saturated rings. The summed E-state index contributed by atoms with van der Waals surface area (Å²) in [6.07, 6.45) is 3.60. The molecular formula is C23H28N4OS. The number of piperidine rings is 1. The number of carbonyl (C=O) groups is 1. The van der Waals surface area contributed by atoms with Crippen LogP contribution >= 0.6 is 11.5 Å². The average molecular weight is 409 g/mol. The molecule has 152 valence electrons. The van der Waals surface area contributed by atoms with Crippen molar-refractivity contribution in [1.82, 2.24) is 14.3 Å². The third-order valence-corrected chi connectivity index (χ3v) is 6.49. The van der Waals surface area contributed by atoms with E-state index in [0.29, 0.717) is 11.7 Å². The molecular weight excluding hydrogens is 380 g/mol. The third-order valence-electron chi connectivity index (χ3n) is 5.58. The lowest BCUT2D eigenvalue weighted by atomic mass is 9.95. The Balaban J connectivity index is 1.43. The fourth-order valence-electron chi connectivity index (χ4n) is 4.04. The molecule has 2 aromatic heterocycles. The van der Waals surface area contributed by atoms with E-state index in [0.717, 1.165) is 49.3 Å². The molecule has 1 amide bonds. The van der Waals surface area contributed by atoms with Crippen LogP contribution in [-0.4, -0.2) is 39.8 Å². The van der Waals surface area contributed by atoms with Gasteiger partial charge in [0.1, 0.15) is 5.82 Å². The van der Waals surface area contributed by atoms with Crippen LogP contribution in [0, 0.1) is 18.8 Å². The van der Waals surface area contributed by atoms with E-state index in [2.05, 4.69) is 51.6 Å². The Kier molecular flexibility index (Phi) is 5.92. The van der Waals surface area contributed by atoms with Crippen molar-refractivity contribution >= 4 is 33.3 Å². The van der Waals surface area contributed by atoms with Crippen LogP contribution in [0.5, 0.6) is 0 Å². The molecule has 6 heteroatoms. The number of aromatic nitrogens is 2. The highest BCUT2D eigenvalue weighted by Gasteiger charge is 2.25. The molecule has 1 aromatic carbocycles. The SMILES string of the molecule is Cc1nsc2ccc(-c3ccnc(NC(=O)C4CCN(CC(C)C)CC4)c3)cc12. The Hall–Kier alpha value is -2.31. The van der Waals surface area contributed by atoms with Crippen LogP contribution in [0.3, 0.4) is 0 Å². The first-order valence-electron chi connectivity index (χ1n) is 10.4. The van der Waals surface area contributed by atoms with Crippen LogP contribution in [0.15, 0.2) is 36.5 Å². The van der Waals surface area contributed by atoms with E-state index in [-0.39, 0.29) is 11.8 Å². The number of amides is 1. The van der Waals surface area contributed by atoms with Crippen molar-refractivity contribution in [3.8, 4) is 11.1 Å². The third kappa shape index (κ3) is 4.65. The number of carbonyl (C=O) groups excluding carboxylic acids is 1. The van der Waals surface area contributed by atoms with E-state index in [1.807, 2.05) is 19.1 Å². The van der Waals surface area contributed by atoms with E-state index in [1.165, 1.54) is 21.6 Å². The Bertz CT molecular complexity index is 1010. The van der Waals surface area contributed by atoms with Crippen molar-refractivity contribution in [3.63, 3.8) is 0 Å². The molecule has 1 aliphatic rings. The number of fused-ring (bicyclic) bond motifs is 1. The average Bonchev–Trinajstić information content (AvgIpc) is 3.08.